The van der Waals surface area contributed by atoms with E-state index < -0.39 is 17.1 Å². The molecule has 1 heterocycles. The summed E-state index contributed by atoms with van der Waals surface area (Å²) in [6.07, 6.45) is 1.66. The summed E-state index contributed by atoms with van der Waals surface area (Å²) in [4.78, 5) is 58.1. The zero-order valence-corrected chi connectivity index (χ0v) is 27.5. The number of hydrogen-bond donors (Lipinski definition) is 3. The average molecular weight is 658 g/mol. The van der Waals surface area contributed by atoms with Crippen LogP contribution in [-0.4, -0.2) is 54.6 Å². The van der Waals surface area contributed by atoms with E-state index in [1.165, 1.54) is 23.1 Å². The molecule has 1 unspecified atom stereocenters. The monoisotopic (exact) mass is 657 g/mol. The first-order chi connectivity index (χ1) is 22.1. The van der Waals surface area contributed by atoms with Gasteiger partial charge in [-0.2, -0.15) is 0 Å². The Kier molecular flexibility index (Phi) is 12.1. The van der Waals surface area contributed by atoms with Crippen LogP contribution in [0.25, 0.3) is 6.08 Å². The van der Waals surface area contributed by atoms with Crippen LogP contribution >= 0.6 is 23.1 Å². The average Bonchev–Trinajstić information content (AvgIpc) is 3.47. The van der Waals surface area contributed by atoms with Crippen LogP contribution in [0.2, 0.25) is 0 Å². The van der Waals surface area contributed by atoms with E-state index in [4.69, 9.17) is 4.74 Å². The molecule has 1 atom stereocenters. The lowest BCUT2D eigenvalue weighted by Gasteiger charge is -2.14. The smallest absolute Gasteiger partial charge is 0.311 e. The van der Waals surface area contributed by atoms with Gasteiger partial charge < -0.3 is 25.6 Å². The molecule has 0 spiro atoms. The van der Waals surface area contributed by atoms with Gasteiger partial charge in [-0.3, -0.25) is 19.2 Å². The number of aromatic nitrogens is 1. The van der Waals surface area contributed by atoms with Gasteiger partial charge in [-0.25, -0.2) is 4.98 Å². The number of ether oxygens (including phenoxy) is 1. The molecule has 0 bridgehead atoms. The number of anilines is 3. The molecular weight excluding hydrogens is 623 g/mol. The Bertz CT molecular complexity index is 1700. The zero-order chi connectivity index (χ0) is 33.1. The van der Waals surface area contributed by atoms with Crippen molar-refractivity contribution in [3.05, 3.63) is 107 Å². The predicted octanol–water partition coefficient (Wildman–Crippen LogP) is 5.84. The van der Waals surface area contributed by atoms with Gasteiger partial charge in [-0.05, 0) is 68.0 Å². The van der Waals surface area contributed by atoms with Crippen LogP contribution in [0.15, 0.2) is 94.8 Å². The van der Waals surface area contributed by atoms with E-state index in [0.717, 1.165) is 16.1 Å². The molecule has 1 aromatic heterocycles. The first-order valence-electron chi connectivity index (χ1n) is 14.5. The maximum atomic E-state index is 13.5. The number of hydrogen-bond acceptors (Lipinski definition) is 9. The minimum absolute atomic E-state index is 0.0403. The fourth-order valence-corrected chi connectivity index (χ4v) is 5.73. The van der Waals surface area contributed by atoms with Crippen molar-refractivity contribution in [2.24, 2.45) is 0 Å². The van der Waals surface area contributed by atoms with Crippen molar-refractivity contribution >= 4 is 69.4 Å². The lowest BCUT2D eigenvalue weighted by atomic mass is 10.1. The van der Waals surface area contributed by atoms with Crippen LogP contribution in [0.1, 0.15) is 35.5 Å². The molecule has 0 fully saturated rings. The van der Waals surface area contributed by atoms with Crippen molar-refractivity contribution in [1.29, 1.82) is 0 Å². The van der Waals surface area contributed by atoms with Crippen molar-refractivity contribution in [2.75, 3.05) is 36.2 Å². The van der Waals surface area contributed by atoms with Crippen molar-refractivity contribution in [3.63, 3.8) is 0 Å². The summed E-state index contributed by atoms with van der Waals surface area (Å²) in [7, 11) is 3.88. The SMILES string of the molecule is CCOC(=O)Cc1csc(NC(=O)C(C)Sc2cccc(NC(=O)/C(=C\c3ccc(N(C)C)cc3)NC(=O)c3ccccc3)c2)n1. The van der Waals surface area contributed by atoms with Gasteiger partial charge in [0.05, 0.1) is 24.0 Å². The highest BCUT2D eigenvalue weighted by Gasteiger charge is 2.19. The van der Waals surface area contributed by atoms with Crippen molar-refractivity contribution in [3.8, 4) is 0 Å². The molecule has 46 heavy (non-hydrogen) atoms. The van der Waals surface area contributed by atoms with E-state index in [0.29, 0.717) is 28.7 Å². The van der Waals surface area contributed by atoms with Crippen molar-refractivity contribution in [1.82, 2.24) is 10.3 Å². The normalized spacial score (nSPS) is 11.7. The van der Waals surface area contributed by atoms with E-state index in [9.17, 15) is 19.2 Å². The number of nitrogens with zero attached hydrogens (tertiary/aromatic N) is 2. The molecule has 4 aromatic rings. The van der Waals surface area contributed by atoms with Gasteiger partial charge in [-0.15, -0.1) is 23.1 Å². The van der Waals surface area contributed by atoms with E-state index in [-0.39, 0.29) is 24.0 Å². The maximum Gasteiger partial charge on any atom is 0.311 e. The number of benzene rings is 3. The lowest BCUT2D eigenvalue weighted by molar-refractivity contribution is -0.142. The number of amides is 3. The second-order valence-corrected chi connectivity index (χ2v) is 12.5. The summed E-state index contributed by atoms with van der Waals surface area (Å²) < 4.78 is 4.95. The molecule has 0 saturated heterocycles. The Balaban J connectivity index is 1.43. The predicted molar refractivity (Wildman–Crippen MR) is 184 cm³/mol. The van der Waals surface area contributed by atoms with Gasteiger partial charge >= 0.3 is 5.97 Å². The van der Waals surface area contributed by atoms with Gasteiger partial charge in [0.1, 0.15) is 5.70 Å². The summed E-state index contributed by atoms with van der Waals surface area (Å²) in [5, 5.41) is 10.0. The number of thioether (sulfide) groups is 1. The van der Waals surface area contributed by atoms with Crippen molar-refractivity contribution in [2.45, 2.75) is 30.4 Å². The Hall–Kier alpha value is -4.94. The van der Waals surface area contributed by atoms with Crippen LogP contribution < -0.4 is 20.9 Å². The standard InChI is InChI=1S/C34H35N5O5S2/c1-5-44-30(40)20-26-21-45-34(36-26)38-31(41)22(2)46-28-13-9-12-25(19-28)35-33(43)29(37-32(42)24-10-7-6-8-11-24)18-23-14-16-27(17-15-23)39(3)4/h6-19,21-22H,5,20H2,1-4H3,(H,35,43)(H,37,42)(H,36,38,41)/b29-18+. The highest BCUT2D eigenvalue weighted by molar-refractivity contribution is 8.00. The molecule has 0 radical (unpaired) electrons. The first kappa shape index (κ1) is 33.9. The Morgan fingerprint density at radius 2 is 1.72 bits per heavy atom. The third-order valence-corrected chi connectivity index (χ3v) is 8.34. The van der Waals surface area contributed by atoms with Crippen LogP contribution in [0.4, 0.5) is 16.5 Å². The minimum atomic E-state index is -0.503. The molecule has 3 aromatic carbocycles. The third kappa shape index (κ3) is 10.0. The molecule has 0 aliphatic carbocycles. The molecule has 4 rings (SSSR count). The summed E-state index contributed by atoms with van der Waals surface area (Å²) in [6.45, 7) is 3.79. The molecule has 10 nitrogen and oxygen atoms in total. The van der Waals surface area contributed by atoms with Crippen LogP contribution in [0.5, 0.6) is 0 Å². The summed E-state index contributed by atoms with van der Waals surface area (Å²) in [5.74, 6) is -1.55. The summed E-state index contributed by atoms with van der Waals surface area (Å²) in [6, 6.07) is 23.4. The summed E-state index contributed by atoms with van der Waals surface area (Å²) in [5.41, 5.74) is 3.25. The van der Waals surface area contributed by atoms with Gasteiger partial charge in [0.2, 0.25) is 5.91 Å². The minimum Gasteiger partial charge on any atom is -0.466 e. The second-order valence-electron chi connectivity index (χ2n) is 10.2. The number of carbonyl (C=O) groups is 4. The summed E-state index contributed by atoms with van der Waals surface area (Å²) >= 11 is 2.54. The second kappa shape index (κ2) is 16.4. The molecule has 12 heteroatoms. The zero-order valence-electron chi connectivity index (χ0n) is 25.9. The topological polar surface area (TPSA) is 130 Å². The number of nitrogens with one attached hydrogen (secondary N) is 3. The molecule has 3 N–H and O–H groups in total. The fraction of sp³-hybridized carbons (Fsp3) is 0.206. The van der Waals surface area contributed by atoms with Gasteiger partial charge in [-0.1, -0.05) is 36.4 Å². The van der Waals surface area contributed by atoms with Gasteiger partial charge in [0.25, 0.3) is 11.8 Å². The van der Waals surface area contributed by atoms with E-state index in [1.807, 2.05) is 55.4 Å². The number of esters is 1. The maximum absolute atomic E-state index is 13.5. The molecule has 0 aliphatic heterocycles. The molecule has 3 amide bonds. The van der Waals surface area contributed by atoms with Gasteiger partial charge in [0, 0.05) is 41.3 Å². The van der Waals surface area contributed by atoms with Crippen LogP contribution in [0.3, 0.4) is 0 Å². The highest BCUT2D eigenvalue weighted by Crippen LogP contribution is 2.27. The van der Waals surface area contributed by atoms with E-state index >= 15 is 0 Å². The fourth-order valence-electron chi connectivity index (χ4n) is 4.09. The third-order valence-electron chi connectivity index (χ3n) is 6.44. The highest BCUT2D eigenvalue weighted by atomic mass is 32.2. The van der Waals surface area contributed by atoms with E-state index in [1.54, 1.807) is 67.8 Å². The first-order valence-corrected chi connectivity index (χ1v) is 16.2. The quantitative estimate of drug-likeness (QED) is 0.0929. The van der Waals surface area contributed by atoms with Crippen LogP contribution in [-0.2, 0) is 25.5 Å². The van der Waals surface area contributed by atoms with Crippen LogP contribution in [0, 0.1) is 0 Å². The molecule has 238 valence electrons. The number of thiazole rings is 1. The van der Waals surface area contributed by atoms with E-state index in [2.05, 4.69) is 20.9 Å². The largest absolute Gasteiger partial charge is 0.466 e. The molecule has 0 saturated carbocycles. The van der Waals surface area contributed by atoms with Crippen molar-refractivity contribution < 1.29 is 23.9 Å². The number of rotatable bonds is 13. The Morgan fingerprint density at radius 1 is 0.978 bits per heavy atom. The Morgan fingerprint density at radius 3 is 2.41 bits per heavy atom. The Labute approximate surface area is 276 Å². The number of carbonyl (C=O) groups excluding carboxylic acids is 4. The molecule has 0 aliphatic rings. The lowest BCUT2D eigenvalue weighted by Crippen LogP contribution is -2.30. The van der Waals surface area contributed by atoms with Gasteiger partial charge in [0.15, 0.2) is 5.13 Å². The molecular formula is C34H35N5O5S2.